The largest absolute Gasteiger partial charge is 0.508 e. The van der Waals surface area contributed by atoms with E-state index in [0.29, 0.717) is 5.75 Å². The Morgan fingerprint density at radius 2 is 2.15 bits per heavy atom. The number of ether oxygens (including phenoxy) is 1. The molecule has 3 heteroatoms. The second-order valence-electron chi connectivity index (χ2n) is 5.86. The van der Waals surface area contributed by atoms with Gasteiger partial charge in [-0.05, 0) is 56.5 Å². The predicted octanol–water partition coefficient (Wildman–Crippen LogP) is 3.80. The summed E-state index contributed by atoms with van der Waals surface area (Å²) in [4.78, 5) is 2.46. The summed E-state index contributed by atoms with van der Waals surface area (Å²) in [5.41, 5.74) is 0.971. The van der Waals surface area contributed by atoms with Gasteiger partial charge in [-0.1, -0.05) is 19.8 Å². The van der Waals surface area contributed by atoms with Crippen LogP contribution in [0.5, 0.6) is 11.5 Å². The third-order valence-electron chi connectivity index (χ3n) is 4.32. The monoisotopic (exact) mass is 277 g/mol. The maximum absolute atomic E-state index is 9.99. The van der Waals surface area contributed by atoms with Crippen LogP contribution in [0.2, 0.25) is 0 Å². The Hall–Kier alpha value is -1.22. The Morgan fingerprint density at radius 1 is 1.30 bits per heavy atom. The first kappa shape index (κ1) is 15.2. The molecule has 1 N–H and O–H groups in total. The Morgan fingerprint density at radius 3 is 2.90 bits per heavy atom. The molecule has 1 heterocycles. The first-order chi connectivity index (χ1) is 9.72. The molecule has 2 rings (SSSR count). The number of methoxy groups -OCH3 is 1. The van der Waals surface area contributed by atoms with E-state index >= 15 is 0 Å². The van der Waals surface area contributed by atoms with Crippen molar-refractivity contribution in [3.63, 3.8) is 0 Å². The van der Waals surface area contributed by atoms with E-state index < -0.39 is 0 Å². The van der Waals surface area contributed by atoms with Crippen LogP contribution in [-0.4, -0.2) is 30.2 Å². The fraction of sp³-hybridized carbons (Fsp3) is 0.647. The van der Waals surface area contributed by atoms with Crippen molar-refractivity contribution in [2.45, 2.75) is 45.6 Å². The van der Waals surface area contributed by atoms with Gasteiger partial charge in [-0.2, -0.15) is 0 Å². The number of phenols is 1. The van der Waals surface area contributed by atoms with Crippen LogP contribution in [-0.2, 0) is 6.54 Å². The highest BCUT2D eigenvalue weighted by molar-refractivity contribution is 5.39. The highest BCUT2D eigenvalue weighted by atomic mass is 16.5. The van der Waals surface area contributed by atoms with E-state index in [0.717, 1.165) is 36.9 Å². The quantitative estimate of drug-likeness (QED) is 0.888. The van der Waals surface area contributed by atoms with E-state index in [4.69, 9.17) is 4.74 Å². The normalized spacial score (nSPS) is 20.6. The van der Waals surface area contributed by atoms with Crippen molar-refractivity contribution in [1.82, 2.24) is 4.90 Å². The molecule has 112 valence electrons. The maximum atomic E-state index is 9.99. The first-order valence-electron chi connectivity index (χ1n) is 7.81. The van der Waals surface area contributed by atoms with Gasteiger partial charge < -0.3 is 9.84 Å². The number of nitrogens with zero attached hydrogens (tertiary/aromatic N) is 1. The van der Waals surface area contributed by atoms with Crippen LogP contribution in [0, 0.1) is 5.92 Å². The van der Waals surface area contributed by atoms with E-state index in [2.05, 4.69) is 11.8 Å². The van der Waals surface area contributed by atoms with Crippen molar-refractivity contribution in [3.05, 3.63) is 23.8 Å². The molecule has 0 spiro atoms. The molecule has 0 aromatic heterocycles. The van der Waals surface area contributed by atoms with Crippen LogP contribution in [0.3, 0.4) is 0 Å². The Kier molecular flexibility index (Phi) is 5.72. The summed E-state index contributed by atoms with van der Waals surface area (Å²) >= 11 is 0. The molecule has 0 bridgehead atoms. The average Bonchev–Trinajstić information content (AvgIpc) is 2.67. The molecule has 1 atom stereocenters. The lowest BCUT2D eigenvalue weighted by molar-refractivity contribution is 0.267. The van der Waals surface area contributed by atoms with Gasteiger partial charge in [-0.3, -0.25) is 4.90 Å². The molecule has 1 aliphatic rings. The molecule has 20 heavy (non-hydrogen) atoms. The van der Waals surface area contributed by atoms with Crippen molar-refractivity contribution in [1.29, 1.82) is 0 Å². The highest BCUT2D eigenvalue weighted by Gasteiger charge is 2.17. The lowest BCUT2D eigenvalue weighted by atomic mass is 9.96. The number of phenolic OH excluding ortho intramolecular Hbond substituents is 1. The van der Waals surface area contributed by atoms with Gasteiger partial charge >= 0.3 is 0 Å². The summed E-state index contributed by atoms with van der Waals surface area (Å²) < 4.78 is 5.24. The molecule has 1 aromatic rings. The van der Waals surface area contributed by atoms with Crippen molar-refractivity contribution in [2.24, 2.45) is 5.92 Å². The number of aromatic hydroxyl groups is 1. The summed E-state index contributed by atoms with van der Waals surface area (Å²) in [5, 5.41) is 9.99. The average molecular weight is 277 g/mol. The van der Waals surface area contributed by atoms with E-state index in [1.807, 2.05) is 6.07 Å². The fourth-order valence-corrected chi connectivity index (χ4v) is 3.14. The van der Waals surface area contributed by atoms with Gasteiger partial charge in [-0.15, -0.1) is 0 Å². The van der Waals surface area contributed by atoms with Crippen LogP contribution < -0.4 is 4.74 Å². The number of benzene rings is 1. The summed E-state index contributed by atoms with van der Waals surface area (Å²) in [6, 6.07) is 5.48. The summed E-state index contributed by atoms with van der Waals surface area (Å²) in [5.74, 6) is 2.08. The third kappa shape index (κ3) is 4.14. The minimum atomic E-state index is 0.375. The van der Waals surface area contributed by atoms with E-state index in [-0.39, 0.29) is 0 Å². The zero-order valence-electron chi connectivity index (χ0n) is 12.8. The number of hydrogen-bond acceptors (Lipinski definition) is 3. The molecule has 1 aromatic carbocycles. The summed E-state index contributed by atoms with van der Waals surface area (Å²) in [6.45, 7) is 5.37. The fourth-order valence-electron chi connectivity index (χ4n) is 3.14. The van der Waals surface area contributed by atoms with Gasteiger partial charge in [0.15, 0.2) is 0 Å². The second kappa shape index (κ2) is 7.53. The smallest absolute Gasteiger partial charge is 0.120 e. The lowest BCUT2D eigenvalue weighted by Gasteiger charge is -2.21. The minimum absolute atomic E-state index is 0.375. The van der Waals surface area contributed by atoms with Crippen molar-refractivity contribution < 1.29 is 9.84 Å². The molecule has 0 aliphatic carbocycles. The number of hydrogen-bond donors (Lipinski definition) is 1. The topological polar surface area (TPSA) is 32.7 Å². The minimum Gasteiger partial charge on any atom is -0.508 e. The van der Waals surface area contributed by atoms with Crippen LogP contribution in [0.4, 0.5) is 0 Å². The summed E-state index contributed by atoms with van der Waals surface area (Å²) in [6.07, 6.45) is 6.57. The zero-order valence-corrected chi connectivity index (χ0v) is 12.8. The van der Waals surface area contributed by atoms with Crippen molar-refractivity contribution >= 4 is 0 Å². The maximum Gasteiger partial charge on any atom is 0.120 e. The van der Waals surface area contributed by atoms with Crippen LogP contribution in [0.25, 0.3) is 0 Å². The third-order valence-corrected chi connectivity index (χ3v) is 4.32. The van der Waals surface area contributed by atoms with E-state index in [1.54, 1.807) is 19.2 Å². The van der Waals surface area contributed by atoms with E-state index in [9.17, 15) is 5.11 Å². The van der Waals surface area contributed by atoms with Crippen molar-refractivity contribution in [3.8, 4) is 11.5 Å². The van der Waals surface area contributed by atoms with Crippen LogP contribution in [0.15, 0.2) is 18.2 Å². The van der Waals surface area contributed by atoms with Gasteiger partial charge in [0.1, 0.15) is 11.5 Å². The number of likely N-dealkylation sites (tertiary alicyclic amines) is 1. The van der Waals surface area contributed by atoms with Gasteiger partial charge in [0.05, 0.1) is 7.11 Å². The van der Waals surface area contributed by atoms with Crippen LogP contribution in [0.1, 0.15) is 44.6 Å². The molecule has 1 aliphatic heterocycles. The second-order valence-corrected chi connectivity index (χ2v) is 5.86. The standard InChI is InChI=1S/C17H27NO2/c1-3-5-14-6-4-10-18(11-9-14)13-15-12-16(20-2)7-8-17(15)19/h7-8,12,14,19H,3-6,9-11,13H2,1-2H3. The lowest BCUT2D eigenvalue weighted by Crippen LogP contribution is -2.24. The molecule has 1 unspecified atom stereocenters. The molecular weight excluding hydrogens is 250 g/mol. The molecule has 3 nitrogen and oxygen atoms in total. The molecule has 0 amide bonds. The Labute approximate surface area is 122 Å². The zero-order chi connectivity index (χ0) is 14.4. The van der Waals surface area contributed by atoms with E-state index in [1.165, 1.54) is 32.1 Å². The highest BCUT2D eigenvalue weighted by Crippen LogP contribution is 2.27. The first-order valence-corrected chi connectivity index (χ1v) is 7.81. The molecule has 1 saturated heterocycles. The van der Waals surface area contributed by atoms with Crippen LogP contribution >= 0.6 is 0 Å². The van der Waals surface area contributed by atoms with Gasteiger partial charge in [-0.25, -0.2) is 0 Å². The Balaban J connectivity index is 1.96. The van der Waals surface area contributed by atoms with Gasteiger partial charge in [0, 0.05) is 12.1 Å². The molecule has 0 radical (unpaired) electrons. The predicted molar refractivity (Wildman–Crippen MR) is 82.2 cm³/mol. The number of rotatable bonds is 5. The SMILES string of the molecule is CCCC1CCCN(Cc2cc(OC)ccc2O)CC1. The molecule has 1 fully saturated rings. The van der Waals surface area contributed by atoms with Gasteiger partial charge in [0.25, 0.3) is 0 Å². The van der Waals surface area contributed by atoms with Gasteiger partial charge in [0.2, 0.25) is 0 Å². The molecule has 0 saturated carbocycles. The Bertz CT molecular complexity index is 419. The molecular formula is C17H27NO2. The van der Waals surface area contributed by atoms with Crippen molar-refractivity contribution in [2.75, 3.05) is 20.2 Å². The summed E-state index contributed by atoms with van der Waals surface area (Å²) in [7, 11) is 1.66.